The molecule has 2 heterocycles. The van der Waals surface area contributed by atoms with Gasteiger partial charge < -0.3 is 18.6 Å². The number of rotatable bonds is 0. The summed E-state index contributed by atoms with van der Waals surface area (Å²) in [4.78, 5) is 0. The van der Waals surface area contributed by atoms with Crippen LogP contribution in [0.5, 0.6) is 0 Å². The Morgan fingerprint density at radius 2 is 0.500 bits per heavy atom. The first kappa shape index (κ1) is 47.0. The fourth-order valence-electron chi connectivity index (χ4n) is 6.80. The van der Waals surface area contributed by atoms with E-state index in [1.807, 2.05) is 0 Å². The molecule has 0 aromatic heterocycles. The normalized spacial score (nSPS) is 17.7. The minimum atomic E-state index is -2.27. The molecule has 4 aromatic rings. The summed E-state index contributed by atoms with van der Waals surface area (Å²) in [6, 6.07) is 34.2. The van der Waals surface area contributed by atoms with Crippen LogP contribution in [0.15, 0.2) is 97.1 Å². The molecule has 0 bridgehead atoms. The third-order valence-corrected chi connectivity index (χ3v) is 8.49. The maximum Gasteiger partial charge on any atom is 0.531 e. The van der Waals surface area contributed by atoms with Gasteiger partial charge in [-0.05, 0) is 66.2 Å². The Morgan fingerprint density at radius 1 is 0.339 bits per heavy atom. The molecule has 2 saturated heterocycles. The van der Waals surface area contributed by atoms with E-state index in [1.165, 1.54) is 44.5 Å². The highest BCUT2D eigenvalue weighted by atomic mass is 16.9. The molecule has 2 aliphatic heterocycles. The first-order valence-corrected chi connectivity index (χ1v) is 20.3. The van der Waals surface area contributed by atoms with Crippen LogP contribution in [0.25, 0.3) is 22.3 Å². The molecule has 4 aliphatic rings. The van der Waals surface area contributed by atoms with Crippen LogP contribution in [-0.4, -0.2) is 33.4 Å². The van der Waals surface area contributed by atoms with Gasteiger partial charge in [0.2, 0.25) is 0 Å². The topological polar surface area (TPSA) is 36.9 Å². The van der Waals surface area contributed by atoms with E-state index in [-0.39, 0.29) is 18.3 Å². The summed E-state index contributed by atoms with van der Waals surface area (Å²) in [5.74, 6) is 0. The van der Waals surface area contributed by atoms with Crippen LogP contribution in [-0.2, 0) is 29.4 Å². The van der Waals surface area contributed by atoms with Crippen LogP contribution < -0.4 is 0 Å². The monoisotopic (exact) mass is 763 g/mol. The molecule has 2 fully saturated rings. The summed E-state index contributed by atoms with van der Waals surface area (Å²) >= 11 is 0. The van der Waals surface area contributed by atoms with Crippen molar-refractivity contribution in [2.75, 3.05) is 26.4 Å². The van der Waals surface area contributed by atoms with Gasteiger partial charge in [0.05, 0.1) is 10.8 Å². The number of hydrogen-bond acceptors (Lipinski definition) is 4. The molecule has 0 unspecified atom stereocenters. The van der Waals surface area contributed by atoms with Crippen LogP contribution >= 0.6 is 0 Å². The molecule has 0 atom stereocenters. The highest BCUT2D eigenvalue weighted by Crippen LogP contribution is 2.54. The largest absolute Gasteiger partial charge is 0.531 e. The van der Waals surface area contributed by atoms with Gasteiger partial charge in [0.15, 0.2) is 0 Å². The number of benzene rings is 4. The number of fused-ring (bicyclic) bond motifs is 10. The summed E-state index contributed by atoms with van der Waals surface area (Å²) < 4.78 is 25.7. The van der Waals surface area contributed by atoms with Crippen molar-refractivity contribution in [3.63, 3.8) is 0 Å². The average molecular weight is 763 g/mol. The van der Waals surface area contributed by atoms with Gasteiger partial charge in [-0.2, -0.15) is 0 Å². The third kappa shape index (κ3) is 12.3. The molecule has 0 saturated carbocycles. The highest BCUT2D eigenvalue weighted by Gasteiger charge is 2.55. The highest BCUT2D eigenvalue weighted by molar-refractivity contribution is 6.54. The lowest BCUT2D eigenvalue weighted by Gasteiger charge is -2.55. The molecule has 56 heavy (non-hydrogen) atoms. The van der Waals surface area contributed by atoms with Gasteiger partial charge in [-0.15, -0.1) is 0 Å². The fraction of sp³-hybridized carbons (Fsp3) is 0.510. The summed E-state index contributed by atoms with van der Waals surface area (Å²) in [7, 11) is 0. The van der Waals surface area contributed by atoms with E-state index >= 15 is 0 Å². The van der Waals surface area contributed by atoms with Crippen molar-refractivity contribution in [3.05, 3.63) is 127 Å². The third-order valence-electron chi connectivity index (χ3n) is 8.49. The quantitative estimate of drug-likeness (QED) is 0.132. The Labute approximate surface area is 343 Å². The molecule has 0 N–H and O–H groups in total. The Kier molecular flexibility index (Phi) is 14.8. The molecule has 306 valence electrons. The molecule has 5 heteroatoms. The molecular formula is C51H75BO4. The predicted octanol–water partition coefficient (Wildman–Crippen LogP) is 14.1. The van der Waals surface area contributed by atoms with E-state index in [0.717, 1.165) is 0 Å². The molecular weight excluding hydrogens is 687 g/mol. The summed E-state index contributed by atoms with van der Waals surface area (Å²) in [6.45, 7) is 34.6. The molecule has 0 amide bonds. The van der Waals surface area contributed by atoms with Crippen molar-refractivity contribution < 1.29 is 18.6 Å². The lowest BCUT2D eigenvalue weighted by Crippen LogP contribution is -2.64. The van der Waals surface area contributed by atoms with Gasteiger partial charge in [-0.25, -0.2) is 0 Å². The lowest BCUT2D eigenvalue weighted by atomic mass is 9.75. The standard InChI is InChI=1S/C30H24BO4.4C5H12.CH3/c1-5-13-25-21(9-1)22-10-2-6-14-26(22)29(25)17-32-31(33-18-29)34-19-30(20-35-31)27-15-7-3-11-23(27)24-12-4-8-16-28(24)30;4*1-5(2,3)4;/h1-16H,17-20H2;4*1-4H3;1H3/q-1;;;;;+1. The van der Waals surface area contributed by atoms with Gasteiger partial charge in [-0.1, -0.05) is 208 Å². The summed E-state index contributed by atoms with van der Waals surface area (Å²) in [6.07, 6.45) is 0. The van der Waals surface area contributed by atoms with E-state index in [4.69, 9.17) is 18.6 Å². The molecule has 4 aromatic carbocycles. The smallest absolute Gasteiger partial charge is 0.517 e. The zero-order valence-corrected chi connectivity index (χ0v) is 38.3. The van der Waals surface area contributed by atoms with Crippen LogP contribution in [0.4, 0.5) is 0 Å². The first-order chi connectivity index (χ1) is 25.2. The van der Waals surface area contributed by atoms with Crippen molar-refractivity contribution in [1.82, 2.24) is 0 Å². The number of hydrogen-bond donors (Lipinski definition) is 0. The molecule has 2 aliphatic carbocycles. The Morgan fingerprint density at radius 3 is 0.679 bits per heavy atom. The second-order valence-electron chi connectivity index (χ2n) is 22.2. The van der Waals surface area contributed by atoms with Crippen LogP contribution in [0.1, 0.15) is 133 Å². The Bertz CT molecular complexity index is 1560. The first-order valence-electron chi connectivity index (χ1n) is 20.3. The van der Waals surface area contributed by atoms with Crippen molar-refractivity contribution in [1.29, 1.82) is 0 Å². The van der Waals surface area contributed by atoms with Crippen molar-refractivity contribution in [2.45, 2.75) is 122 Å². The maximum absolute atomic E-state index is 6.43. The molecule has 0 radical (unpaired) electrons. The zero-order valence-electron chi connectivity index (χ0n) is 38.3. The minimum absolute atomic E-state index is 0. The second kappa shape index (κ2) is 17.7. The Hall–Kier alpha value is -3.35. The van der Waals surface area contributed by atoms with Crippen molar-refractivity contribution in [3.8, 4) is 22.3 Å². The molecule has 3 spiro atoms. The second-order valence-corrected chi connectivity index (χ2v) is 22.2. The lowest BCUT2D eigenvalue weighted by molar-refractivity contribution is -0.117. The predicted molar refractivity (Wildman–Crippen MR) is 242 cm³/mol. The van der Waals surface area contributed by atoms with Gasteiger partial charge >= 0.3 is 6.96 Å². The van der Waals surface area contributed by atoms with E-state index in [2.05, 4.69) is 208 Å². The van der Waals surface area contributed by atoms with E-state index in [1.54, 1.807) is 0 Å². The van der Waals surface area contributed by atoms with Crippen molar-refractivity contribution in [2.24, 2.45) is 21.7 Å². The van der Waals surface area contributed by atoms with Crippen LogP contribution in [0, 0.1) is 29.1 Å². The summed E-state index contributed by atoms with van der Waals surface area (Å²) in [5.41, 5.74) is 11.3. The SMILES string of the molecule is CC(C)(C)C.CC(C)(C)C.CC(C)(C)C.CC(C)(C)C.[CH3+].c1ccc2c(c1)-c1ccccc1C21CO[B-]2(OC1)OCC1(CO2)c2ccccc2-c2ccccc21. The van der Waals surface area contributed by atoms with Gasteiger partial charge in [0.1, 0.15) is 0 Å². The van der Waals surface area contributed by atoms with E-state index in [9.17, 15) is 0 Å². The van der Waals surface area contributed by atoms with Gasteiger partial charge in [0.25, 0.3) is 0 Å². The van der Waals surface area contributed by atoms with Gasteiger partial charge in [-0.3, -0.25) is 0 Å². The Balaban J connectivity index is 0.000000335. The molecule has 4 nitrogen and oxygen atoms in total. The van der Waals surface area contributed by atoms with Gasteiger partial charge in [0, 0.05) is 33.9 Å². The van der Waals surface area contributed by atoms with E-state index in [0.29, 0.717) is 48.1 Å². The minimum Gasteiger partial charge on any atom is -0.517 e. The average Bonchev–Trinajstić information content (AvgIpc) is 3.49. The van der Waals surface area contributed by atoms with E-state index < -0.39 is 6.96 Å². The maximum atomic E-state index is 6.43. The fourth-order valence-corrected chi connectivity index (χ4v) is 6.80. The van der Waals surface area contributed by atoms with Crippen molar-refractivity contribution >= 4 is 6.96 Å². The zero-order chi connectivity index (χ0) is 41.1. The molecule has 8 rings (SSSR count). The van der Waals surface area contributed by atoms with Crippen LogP contribution in [0.3, 0.4) is 0 Å². The summed E-state index contributed by atoms with van der Waals surface area (Å²) in [5, 5.41) is 0. The van der Waals surface area contributed by atoms with Crippen LogP contribution in [0.2, 0.25) is 0 Å².